The Bertz CT molecular complexity index is 465. The van der Waals surface area contributed by atoms with Gasteiger partial charge >= 0.3 is 5.97 Å². The van der Waals surface area contributed by atoms with Crippen LogP contribution in [-0.4, -0.2) is 35.0 Å². The van der Waals surface area contributed by atoms with Crippen molar-refractivity contribution in [3.05, 3.63) is 28.8 Å². The Morgan fingerprint density at radius 2 is 2.24 bits per heavy atom. The second kappa shape index (κ2) is 5.35. The number of rotatable bonds is 2. The van der Waals surface area contributed by atoms with E-state index in [1.807, 2.05) is 0 Å². The predicted octanol–water partition coefficient (Wildman–Crippen LogP) is 1.67. The number of anilines is 1. The molecule has 0 unspecified atom stereocenters. The van der Waals surface area contributed by atoms with Crippen LogP contribution in [0.4, 0.5) is 5.69 Å². The number of para-hydroxylation sites is 1. The van der Waals surface area contributed by atoms with Crippen LogP contribution >= 0.6 is 24.0 Å². The Balaban J connectivity index is 0.00000144. The summed E-state index contributed by atoms with van der Waals surface area (Å²) in [5, 5.41) is 10.4. The fraction of sp³-hybridized carbons (Fsp3) is 0.200. The normalized spacial score (nSPS) is 14.5. The van der Waals surface area contributed by atoms with Crippen molar-refractivity contribution in [2.75, 3.05) is 18.5 Å². The minimum absolute atomic E-state index is 0. The average Bonchev–Trinajstić information content (AvgIpc) is 2.19. The predicted molar refractivity (Wildman–Crippen MR) is 65.9 cm³/mol. The third-order valence-electron chi connectivity index (χ3n) is 2.24. The fourth-order valence-electron chi connectivity index (χ4n) is 1.58. The number of carboxylic acids is 1. The SMILES string of the molecule is Cl.O=C(O)CN1CC(=O)c2cccc(Cl)c2N1. The quantitative estimate of drug-likeness (QED) is 0.860. The van der Waals surface area contributed by atoms with Gasteiger partial charge in [-0.3, -0.25) is 9.59 Å². The van der Waals surface area contributed by atoms with E-state index < -0.39 is 5.97 Å². The smallest absolute Gasteiger partial charge is 0.319 e. The van der Waals surface area contributed by atoms with E-state index in [4.69, 9.17) is 16.7 Å². The monoisotopic (exact) mass is 276 g/mol. The molecule has 0 spiro atoms. The number of benzene rings is 1. The minimum Gasteiger partial charge on any atom is -0.480 e. The molecule has 0 saturated heterocycles. The Morgan fingerprint density at radius 3 is 2.88 bits per heavy atom. The van der Waals surface area contributed by atoms with Crippen molar-refractivity contribution in [2.24, 2.45) is 0 Å². The number of carbonyl (C=O) groups excluding carboxylic acids is 1. The molecule has 92 valence electrons. The summed E-state index contributed by atoms with van der Waals surface area (Å²) in [5.41, 5.74) is 3.80. The molecule has 0 aromatic heterocycles. The van der Waals surface area contributed by atoms with Gasteiger partial charge in [-0.15, -0.1) is 12.4 Å². The van der Waals surface area contributed by atoms with Crippen LogP contribution in [0.3, 0.4) is 0 Å². The van der Waals surface area contributed by atoms with Crippen LogP contribution in [0.5, 0.6) is 0 Å². The molecule has 0 bridgehead atoms. The van der Waals surface area contributed by atoms with Gasteiger partial charge in [0.15, 0.2) is 5.78 Å². The Kier molecular flexibility index (Phi) is 4.34. The molecule has 7 heteroatoms. The van der Waals surface area contributed by atoms with Crippen molar-refractivity contribution in [1.29, 1.82) is 0 Å². The summed E-state index contributed by atoms with van der Waals surface area (Å²) in [6, 6.07) is 4.99. The molecule has 0 saturated carbocycles. The van der Waals surface area contributed by atoms with Crippen LogP contribution in [0.1, 0.15) is 10.4 Å². The van der Waals surface area contributed by atoms with Crippen LogP contribution in [0.15, 0.2) is 18.2 Å². The van der Waals surface area contributed by atoms with Gasteiger partial charge < -0.3 is 10.5 Å². The molecule has 1 aromatic rings. The molecular formula is C10H10Cl2N2O3. The zero-order valence-electron chi connectivity index (χ0n) is 8.64. The van der Waals surface area contributed by atoms with Crippen LogP contribution in [-0.2, 0) is 4.79 Å². The van der Waals surface area contributed by atoms with Crippen LogP contribution in [0.25, 0.3) is 0 Å². The number of Topliss-reactive ketones (excluding diaryl/α,β-unsaturated/α-hetero) is 1. The van der Waals surface area contributed by atoms with Crippen LogP contribution < -0.4 is 5.43 Å². The van der Waals surface area contributed by atoms with Crippen molar-refractivity contribution in [1.82, 2.24) is 5.01 Å². The van der Waals surface area contributed by atoms with E-state index in [0.29, 0.717) is 16.3 Å². The van der Waals surface area contributed by atoms with E-state index in [-0.39, 0.29) is 31.3 Å². The molecule has 0 amide bonds. The third kappa shape index (κ3) is 2.88. The molecule has 5 nitrogen and oxygen atoms in total. The lowest BCUT2D eigenvalue weighted by atomic mass is 10.1. The average molecular weight is 277 g/mol. The molecule has 1 aliphatic heterocycles. The van der Waals surface area contributed by atoms with Gasteiger partial charge in [0.05, 0.1) is 17.3 Å². The second-order valence-corrected chi connectivity index (χ2v) is 3.85. The Hall–Kier alpha value is -1.30. The highest BCUT2D eigenvalue weighted by atomic mass is 35.5. The lowest BCUT2D eigenvalue weighted by Crippen LogP contribution is -2.42. The van der Waals surface area contributed by atoms with E-state index in [2.05, 4.69) is 5.43 Å². The summed E-state index contributed by atoms with van der Waals surface area (Å²) in [5.74, 6) is -1.15. The Morgan fingerprint density at radius 1 is 1.53 bits per heavy atom. The number of aliphatic carboxylic acids is 1. The number of nitrogens with zero attached hydrogens (tertiary/aromatic N) is 1. The summed E-state index contributed by atoms with van der Waals surface area (Å²) < 4.78 is 0. The first-order chi connectivity index (χ1) is 7.58. The number of nitrogens with one attached hydrogen (secondary N) is 1. The van der Waals surface area contributed by atoms with E-state index in [0.717, 1.165) is 0 Å². The number of ketones is 1. The fourth-order valence-corrected chi connectivity index (χ4v) is 1.80. The van der Waals surface area contributed by atoms with Crippen LogP contribution in [0.2, 0.25) is 5.02 Å². The highest BCUT2D eigenvalue weighted by Crippen LogP contribution is 2.29. The first-order valence-corrected chi connectivity index (χ1v) is 5.01. The number of hydrazine groups is 1. The first-order valence-electron chi connectivity index (χ1n) is 4.63. The summed E-state index contributed by atoms with van der Waals surface area (Å²) >= 11 is 5.92. The number of halogens is 2. The first kappa shape index (κ1) is 13.8. The van der Waals surface area contributed by atoms with E-state index >= 15 is 0 Å². The van der Waals surface area contributed by atoms with Crippen molar-refractivity contribution < 1.29 is 14.7 Å². The summed E-state index contributed by atoms with van der Waals surface area (Å²) in [7, 11) is 0. The summed E-state index contributed by atoms with van der Waals surface area (Å²) in [6.45, 7) is -0.226. The maximum Gasteiger partial charge on any atom is 0.319 e. The molecule has 1 aliphatic rings. The van der Waals surface area contributed by atoms with Crippen molar-refractivity contribution in [2.45, 2.75) is 0 Å². The maximum absolute atomic E-state index is 11.7. The summed E-state index contributed by atoms with van der Waals surface area (Å²) in [6.07, 6.45) is 0. The molecule has 2 rings (SSSR count). The van der Waals surface area contributed by atoms with Crippen molar-refractivity contribution >= 4 is 41.4 Å². The van der Waals surface area contributed by atoms with Gasteiger partial charge in [-0.05, 0) is 12.1 Å². The number of hydrogen-bond donors (Lipinski definition) is 2. The van der Waals surface area contributed by atoms with Gasteiger partial charge in [-0.2, -0.15) is 0 Å². The molecule has 0 fully saturated rings. The molecule has 0 aliphatic carbocycles. The zero-order valence-corrected chi connectivity index (χ0v) is 10.2. The number of carboxylic acid groups (broad SMARTS) is 1. The Labute approximate surface area is 109 Å². The molecular weight excluding hydrogens is 267 g/mol. The van der Waals surface area contributed by atoms with E-state index in [9.17, 15) is 9.59 Å². The van der Waals surface area contributed by atoms with Gasteiger partial charge in [-0.25, -0.2) is 5.01 Å². The lowest BCUT2D eigenvalue weighted by Gasteiger charge is -2.28. The molecule has 17 heavy (non-hydrogen) atoms. The van der Waals surface area contributed by atoms with Gasteiger partial charge in [-0.1, -0.05) is 17.7 Å². The molecule has 1 heterocycles. The minimum atomic E-state index is -1.00. The van der Waals surface area contributed by atoms with Gasteiger partial charge in [0.2, 0.25) is 0 Å². The van der Waals surface area contributed by atoms with Gasteiger partial charge in [0, 0.05) is 5.56 Å². The highest BCUT2D eigenvalue weighted by molar-refractivity contribution is 6.34. The molecule has 0 radical (unpaired) electrons. The highest BCUT2D eigenvalue weighted by Gasteiger charge is 2.25. The van der Waals surface area contributed by atoms with Gasteiger partial charge in [0.1, 0.15) is 6.54 Å². The molecule has 0 atom stereocenters. The number of fused-ring (bicyclic) bond motifs is 1. The largest absolute Gasteiger partial charge is 0.480 e. The molecule has 2 N–H and O–H groups in total. The maximum atomic E-state index is 11.7. The van der Waals surface area contributed by atoms with Crippen LogP contribution in [0, 0.1) is 0 Å². The zero-order chi connectivity index (χ0) is 11.7. The number of carbonyl (C=O) groups is 2. The van der Waals surface area contributed by atoms with E-state index in [1.165, 1.54) is 5.01 Å². The van der Waals surface area contributed by atoms with E-state index in [1.54, 1.807) is 18.2 Å². The second-order valence-electron chi connectivity index (χ2n) is 3.45. The third-order valence-corrected chi connectivity index (χ3v) is 2.56. The topological polar surface area (TPSA) is 69.6 Å². The van der Waals surface area contributed by atoms with Crippen molar-refractivity contribution in [3.8, 4) is 0 Å². The van der Waals surface area contributed by atoms with Crippen molar-refractivity contribution in [3.63, 3.8) is 0 Å². The lowest BCUT2D eigenvalue weighted by molar-refractivity contribution is -0.137. The molecule has 1 aromatic carbocycles. The summed E-state index contributed by atoms with van der Waals surface area (Å²) in [4.78, 5) is 22.2. The van der Waals surface area contributed by atoms with Gasteiger partial charge in [0.25, 0.3) is 0 Å². The number of hydrogen-bond acceptors (Lipinski definition) is 4. The standard InChI is InChI=1S/C10H9ClN2O3.ClH/c11-7-3-1-2-6-8(14)4-13(5-9(15)16)12-10(6)7;/h1-3,12H,4-5H2,(H,15,16);1H.